The maximum Gasteiger partial charge on any atom is 0.416 e. The molecule has 0 aliphatic carbocycles. The molecule has 5 nitrogen and oxygen atoms in total. The molecule has 0 saturated carbocycles. The summed E-state index contributed by atoms with van der Waals surface area (Å²) in [5, 5.41) is 16.0. The third-order valence-corrected chi connectivity index (χ3v) is 4.40. The third-order valence-electron chi connectivity index (χ3n) is 3.65. The van der Waals surface area contributed by atoms with Gasteiger partial charge in [0.15, 0.2) is 5.13 Å². The lowest BCUT2D eigenvalue weighted by Crippen LogP contribution is -2.05. The zero-order chi connectivity index (χ0) is 18.9. The molecule has 0 saturated heterocycles. The van der Waals surface area contributed by atoms with Crippen LogP contribution in [0.1, 0.15) is 11.1 Å². The van der Waals surface area contributed by atoms with Crippen LogP contribution in [0.15, 0.2) is 47.8 Å². The Labute approximate surface area is 150 Å². The number of thiazole rings is 1. The first-order valence-electron chi connectivity index (χ1n) is 7.39. The fourth-order valence-corrected chi connectivity index (χ4v) is 3.07. The average Bonchev–Trinajstić information content (AvgIpc) is 3.03. The summed E-state index contributed by atoms with van der Waals surface area (Å²) in [5.41, 5.74) is 1.10. The molecule has 3 aromatic rings. The van der Waals surface area contributed by atoms with E-state index in [1.54, 1.807) is 24.4 Å². The zero-order valence-electron chi connectivity index (χ0n) is 13.4. The van der Waals surface area contributed by atoms with Gasteiger partial charge in [0.25, 0.3) is 5.69 Å². The van der Waals surface area contributed by atoms with Crippen LogP contribution in [0.2, 0.25) is 0 Å². The van der Waals surface area contributed by atoms with Crippen LogP contribution in [0.5, 0.6) is 0 Å². The van der Waals surface area contributed by atoms with Crippen LogP contribution in [0.4, 0.5) is 29.7 Å². The van der Waals surface area contributed by atoms with Crippen molar-refractivity contribution < 1.29 is 18.1 Å². The van der Waals surface area contributed by atoms with Gasteiger partial charge in [-0.25, -0.2) is 4.98 Å². The monoisotopic (exact) mass is 379 g/mol. The number of hydrogen-bond donors (Lipinski definition) is 1. The first-order chi connectivity index (χ1) is 12.2. The summed E-state index contributed by atoms with van der Waals surface area (Å²) < 4.78 is 38.3. The molecule has 2 aromatic carbocycles. The minimum atomic E-state index is -4.42. The van der Waals surface area contributed by atoms with Crippen molar-refractivity contribution >= 4 is 27.8 Å². The highest BCUT2D eigenvalue weighted by Gasteiger charge is 2.30. The molecule has 0 aliphatic heterocycles. The minimum Gasteiger partial charge on any atom is -0.332 e. The molecule has 1 N–H and O–H groups in total. The van der Waals surface area contributed by atoms with Crippen LogP contribution in [-0.2, 0) is 6.18 Å². The second-order valence-electron chi connectivity index (χ2n) is 5.50. The van der Waals surface area contributed by atoms with E-state index in [4.69, 9.17) is 0 Å². The second kappa shape index (κ2) is 6.75. The molecule has 1 aromatic heterocycles. The van der Waals surface area contributed by atoms with Gasteiger partial charge >= 0.3 is 6.18 Å². The highest BCUT2D eigenvalue weighted by Crippen LogP contribution is 2.33. The van der Waals surface area contributed by atoms with E-state index in [0.717, 1.165) is 12.1 Å². The topological polar surface area (TPSA) is 68.1 Å². The third kappa shape index (κ3) is 3.83. The Bertz CT molecular complexity index is 970. The lowest BCUT2D eigenvalue weighted by molar-refractivity contribution is -0.385. The van der Waals surface area contributed by atoms with E-state index in [1.807, 2.05) is 0 Å². The van der Waals surface area contributed by atoms with E-state index < -0.39 is 16.7 Å². The van der Waals surface area contributed by atoms with Crippen LogP contribution in [-0.4, -0.2) is 9.91 Å². The van der Waals surface area contributed by atoms with Gasteiger partial charge in [0.1, 0.15) is 0 Å². The summed E-state index contributed by atoms with van der Waals surface area (Å²) in [6, 6.07) is 9.58. The molecular weight excluding hydrogens is 367 g/mol. The predicted molar refractivity (Wildman–Crippen MR) is 93.7 cm³/mol. The Morgan fingerprint density at radius 3 is 2.65 bits per heavy atom. The summed E-state index contributed by atoms with van der Waals surface area (Å²) in [6.45, 7) is 1.64. The van der Waals surface area contributed by atoms with Crippen LogP contribution < -0.4 is 5.32 Å². The van der Waals surface area contributed by atoms with Crippen molar-refractivity contribution in [2.45, 2.75) is 13.1 Å². The fourth-order valence-electron chi connectivity index (χ4n) is 2.33. The second-order valence-corrected chi connectivity index (χ2v) is 6.36. The normalized spacial score (nSPS) is 11.4. The largest absolute Gasteiger partial charge is 0.416 e. The Morgan fingerprint density at radius 2 is 1.96 bits per heavy atom. The van der Waals surface area contributed by atoms with Crippen molar-refractivity contribution in [1.29, 1.82) is 0 Å². The van der Waals surface area contributed by atoms with Gasteiger partial charge in [0.05, 0.1) is 16.2 Å². The van der Waals surface area contributed by atoms with E-state index in [0.29, 0.717) is 22.0 Å². The van der Waals surface area contributed by atoms with Gasteiger partial charge < -0.3 is 5.32 Å². The summed E-state index contributed by atoms with van der Waals surface area (Å²) in [5.74, 6) is 0. The number of anilines is 2. The predicted octanol–water partition coefficient (Wildman–Crippen LogP) is 5.79. The molecule has 26 heavy (non-hydrogen) atoms. The fraction of sp³-hybridized carbons (Fsp3) is 0.118. The molecule has 0 aliphatic rings. The molecule has 134 valence electrons. The summed E-state index contributed by atoms with van der Waals surface area (Å²) in [4.78, 5) is 14.9. The molecule has 0 bridgehead atoms. The Morgan fingerprint density at radius 1 is 1.19 bits per heavy atom. The van der Waals surface area contributed by atoms with Crippen molar-refractivity contribution in [3.05, 3.63) is 69.1 Å². The van der Waals surface area contributed by atoms with E-state index in [-0.39, 0.29) is 11.4 Å². The molecule has 0 spiro atoms. The molecule has 1 heterocycles. The van der Waals surface area contributed by atoms with Gasteiger partial charge in [-0.05, 0) is 25.1 Å². The molecule has 0 fully saturated rings. The number of nitrogens with zero attached hydrogens (tertiary/aromatic N) is 2. The summed E-state index contributed by atoms with van der Waals surface area (Å²) in [7, 11) is 0. The Hall–Kier alpha value is -2.94. The van der Waals surface area contributed by atoms with Gasteiger partial charge in [-0.3, -0.25) is 10.1 Å². The Balaban J connectivity index is 1.85. The number of alkyl halides is 3. The van der Waals surface area contributed by atoms with Gasteiger partial charge in [0, 0.05) is 28.3 Å². The molecular formula is C17H12F3N3O2S. The number of nitro benzene ring substituents is 1. The molecule has 3 rings (SSSR count). The van der Waals surface area contributed by atoms with Crippen molar-refractivity contribution in [2.24, 2.45) is 0 Å². The van der Waals surface area contributed by atoms with Crippen LogP contribution >= 0.6 is 11.3 Å². The first kappa shape index (κ1) is 17.9. The van der Waals surface area contributed by atoms with Crippen molar-refractivity contribution in [2.75, 3.05) is 5.32 Å². The Kier molecular flexibility index (Phi) is 4.64. The van der Waals surface area contributed by atoms with Crippen molar-refractivity contribution in [3.8, 4) is 11.3 Å². The standard InChI is InChI=1S/C17H12F3N3O2S/c1-10-5-6-11(7-15(10)23(24)25)14-9-26-16(22-14)21-13-4-2-3-12(8-13)17(18,19)20/h2-9H,1H3,(H,21,22). The van der Waals surface area contributed by atoms with E-state index in [9.17, 15) is 23.3 Å². The molecule has 9 heteroatoms. The highest BCUT2D eigenvalue weighted by atomic mass is 32.1. The van der Waals surface area contributed by atoms with Gasteiger partial charge in [-0.15, -0.1) is 11.3 Å². The number of nitro groups is 1. The maximum absolute atomic E-state index is 12.8. The van der Waals surface area contributed by atoms with Crippen molar-refractivity contribution in [3.63, 3.8) is 0 Å². The smallest absolute Gasteiger partial charge is 0.332 e. The number of nitrogens with one attached hydrogen (secondary N) is 1. The van der Waals surface area contributed by atoms with Gasteiger partial charge in [-0.2, -0.15) is 13.2 Å². The lowest BCUT2D eigenvalue weighted by Gasteiger charge is -2.08. The molecule has 0 amide bonds. The first-order valence-corrected chi connectivity index (χ1v) is 8.27. The molecule has 0 radical (unpaired) electrons. The summed E-state index contributed by atoms with van der Waals surface area (Å²) in [6.07, 6.45) is -4.42. The van der Waals surface area contributed by atoms with Crippen molar-refractivity contribution in [1.82, 2.24) is 4.98 Å². The highest BCUT2D eigenvalue weighted by molar-refractivity contribution is 7.14. The maximum atomic E-state index is 12.8. The van der Waals surface area contributed by atoms with Crippen LogP contribution in [0.25, 0.3) is 11.3 Å². The lowest BCUT2D eigenvalue weighted by atomic mass is 10.1. The SMILES string of the molecule is Cc1ccc(-c2csc(Nc3cccc(C(F)(F)F)c3)n2)cc1[N+](=O)[O-]. The zero-order valence-corrected chi connectivity index (χ0v) is 14.2. The molecule has 0 atom stereocenters. The number of hydrogen-bond acceptors (Lipinski definition) is 5. The van der Waals surface area contributed by atoms with Gasteiger partial charge in [0.2, 0.25) is 0 Å². The number of benzene rings is 2. The number of rotatable bonds is 4. The van der Waals surface area contributed by atoms with Crippen LogP contribution in [0.3, 0.4) is 0 Å². The molecule has 0 unspecified atom stereocenters. The summed E-state index contributed by atoms with van der Waals surface area (Å²) >= 11 is 1.20. The number of halogens is 3. The van der Waals surface area contributed by atoms with Crippen LogP contribution in [0, 0.1) is 17.0 Å². The van der Waals surface area contributed by atoms with Gasteiger partial charge in [-0.1, -0.05) is 18.2 Å². The number of aromatic nitrogens is 1. The quantitative estimate of drug-likeness (QED) is 0.460. The van der Waals surface area contributed by atoms with E-state index in [2.05, 4.69) is 10.3 Å². The number of aryl methyl sites for hydroxylation is 1. The minimum absolute atomic E-state index is 0.0112. The average molecular weight is 379 g/mol. The van der Waals surface area contributed by atoms with E-state index in [1.165, 1.54) is 29.5 Å². The van der Waals surface area contributed by atoms with E-state index >= 15 is 0 Å².